The molecule has 21 heavy (non-hydrogen) atoms. The molecular weight excluding hydrogens is 285 g/mol. The third kappa shape index (κ3) is 5.19. The van der Waals surface area contributed by atoms with Crippen molar-refractivity contribution in [1.29, 1.82) is 0 Å². The highest BCUT2D eigenvalue weighted by Gasteiger charge is 2.12. The first kappa shape index (κ1) is 16.1. The Labute approximate surface area is 129 Å². The zero-order valence-corrected chi connectivity index (χ0v) is 13.4. The molecule has 1 unspecified atom stereocenters. The van der Waals surface area contributed by atoms with Gasteiger partial charge in [-0.15, -0.1) is 11.3 Å². The van der Waals surface area contributed by atoms with E-state index in [0.717, 1.165) is 37.3 Å². The van der Waals surface area contributed by atoms with Gasteiger partial charge in [-0.2, -0.15) is 0 Å². The van der Waals surface area contributed by atoms with Crippen LogP contribution in [0.4, 0.5) is 4.39 Å². The van der Waals surface area contributed by atoms with Crippen molar-refractivity contribution in [2.75, 3.05) is 20.1 Å². The minimum atomic E-state index is -0.175. The lowest BCUT2D eigenvalue weighted by Crippen LogP contribution is -2.27. The molecule has 1 aromatic carbocycles. The van der Waals surface area contributed by atoms with Gasteiger partial charge in [0.1, 0.15) is 5.82 Å². The van der Waals surface area contributed by atoms with Crippen molar-refractivity contribution in [3.63, 3.8) is 0 Å². The molecule has 0 aliphatic rings. The topological polar surface area (TPSA) is 28.2 Å². The van der Waals surface area contributed by atoms with Gasteiger partial charge in [0.05, 0.1) is 11.2 Å². The second-order valence-electron chi connectivity index (χ2n) is 5.17. The van der Waals surface area contributed by atoms with Crippen molar-refractivity contribution in [1.82, 2.24) is 15.2 Å². The monoisotopic (exact) mass is 307 g/mol. The van der Waals surface area contributed by atoms with Crippen molar-refractivity contribution >= 4 is 11.3 Å². The number of halogens is 1. The Hall–Kier alpha value is -1.30. The van der Waals surface area contributed by atoms with Crippen LogP contribution in [0.1, 0.15) is 30.6 Å². The average molecular weight is 307 g/mol. The molecule has 0 bridgehead atoms. The number of aromatic nitrogens is 1. The standard InChI is InChI=1S/C16H22FN3S/c1-3-18-16(13-5-4-6-14(17)9-13)7-8-20(2)10-15-11-21-12-19-15/h4-6,9,11-12,16,18H,3,7-8,10H2,1-2H3. The summed E-state index contributed by atoms with van der Waals surface area (Å²) >= 11 is 1.62. The van der Waals surface area contributed by atoms with Crippen LogP contribution in [0.3, 0.4) is 0 Å². The molecule has 0 spiro atoms. The van der Waals surface area contributed by atoms with Crippen LogP contribution in [0, 0.1) is 5.82 Å². The van der Waals surface area contributed by atoms with Crippen molar-refractivity contribution in [2.24, 2.45) is 0 Å². The molecule has 5 heteroatoms. The van der Waals surface area contributed by atoms with Gasteiger partial charge in [0, 0.05) is 24.5 Å². The van der Waals surface area contributed by atoms with E-state index in [4.69, 9.17) is 0 Å². The molecule has 114 valence electrons. The van der Waals surface area contributed by atoms with E-state index in [-0.39, 0.29) is 11.9 Å². The molecule has 2 rings (SSSR count). The number of benzene rings is 1. The Bertz CT molecular complexity index is 530. The highest BCUT2D eigenvalue weighted by Crippen LogP contribution is 2.18. The van der Waals surface area contributed by atoms with Crippen molar-refractivity contribution in [2.45, 2.75) is 25.9 Å². The third-order valence-corrected chi connectivity index (χ3v) is 4.05. The van der Waals surface area contributed by atoms with E-state index in [9.17, 15) is 4.39 Å². The molecule has 0 radical (unpaired) electrons. The van der Waals surface area contributed by atoms with E-state index >= 15 is 0 Å². The van der Waals surface area contributed by atoms with Gasteiger partial charge in [-0.25, -0.2) is 9.37 Å². The van der Waals surface area contributed by atoms with E-state index in [0.29, 0.717) is 0 Å². The average Bonchev–Trinajstić information content (AvgIpc) is 2.96. The summed E-state index contributed by atoms with van der Waals surface area (Å²) in [6.07, 6.45) is 0.942. The fraction of sp³-hybridized carbons (Fsp3) is 0.438. The first-order chi connectivity index (χ1) is 10.2. The Morgan fingerprint density at radius 2 is 2.29 bits per heavy atom. The Morgan fingerprint density at radius 1 is 1.43 bits per heavy atom. The maximum absolute atomic E-state index is 13.4. The number of nitrogens with one attached hydrogen (secondary N) is 1. The predicted molar refractivity (Wildman–Crippen MR) is 85.9 cm³/mol. The fourth-order valence-corrected chi connectivity index (χ4v) is 2.93. The Morgan fingerprint density at radius 3 is 2.95 bits per heavy atom. The molecule has 1 atom stereocenters. The molecule has 0 saturated heterocycles. The van der Waals surface area contributed by atoms with Crippen molar-refractivity contribution in [3.05, 3.63) is 52.2 Å². The predicted octanol–water partition coefficient (Wildman–Crippen LogP) is 3.45. The van der Waals surface area contributed by atoms with Crippen LogP contribution in [0.5, 0.6) is 0 Å². The van der Waals surface area contributed by atoms with Gasteiger partial charge < -0.3 is 10.2 Å². The molecule has 2 aromatic rings. The molecule has 0 saturated carbocycles. The smallest absolute Gasteiger partial charge is 0.123 e. The fourth-order valence-electron chi connectivity index (χ4n) is 2.38. The summed E-state index contributed by atoms with van der Waals surface area (Å²) in [6, 6.07) is 7.04. The van der Waals surface area contributed by atoms with E-state index in [1.54, 1.807) is 23.5 Å². The second-order valence-corrected chi connectivity index (χ2v) is 5.89. The number of hydrogen-bond acceptors (Lipinski definition) is 4. The minimum Gasteiger partial charge on any atom is -0.310 e. The van der Waals surface area contributed by atoms with Gasteiger partial charge >= 0.3 is 0 Å². The van der Waals surface area contributed by atoms with Gasteiger partial charge in [0.25, 0.3) is 0 Å². The quantitative estimate of drug-likeness (QED) is 0.809. The van der Waals surface area contributed by atoms with Crippen LogP contribution < -0.4 is 5.32 Å². The second kappa shape index (κ2) is 8.22. The Balaban J connectivity index is 1.90. The molecule has 1 N–H and O–H groups in total. The van der Waals surface area contributed by atoms with E-state index in [1.165, 1.54) is 6.07 Å². The number of nitrogens with zero attached hydrogens (tertiary/aromatic N) is 2. The van der Waals surface area contributed by atoms with Gasteiger partial charge in [-0.3, -0.25) is 0 Å². The van der Waals surface area contributed by atoms with Crippen LogP contribution in [0.15, 0.2) is 35.2 Å². The number of rotatable bonds is 8. The minimum absolute atomic E-state index is 0.175. The molecule has 0 amide bonds. The van der Waals surface area contributed by atoms with E-state index < -0.39 is 0 Å². The summed E-state index contributed by atoms with van der Waals surface area (Å²) in [4.78, 5) is 6.55. The third-order valence-electron chi connectivity index (χ3n) is 3.42. The van der Waals surface area contributed by atoms with Gasteiger partial charge in [-0.05, 0) is 37.7 Å². The van der Waals surface area contributed by atoms with Crippen molar-refractivity contribution < 1.29 is 4.39 Å². The van der Waals surface area contributed by atoms with Gasteiger partial charge in [0.15, 0.2) is 0 Å². The van der Waals surface area contributed by atoms with Gasteiger partial charge in [-0.1, -0.05) is 19.1 Å². The SMILES string of the molecule is CCNC(CCN(C)Cc1cscn1)c1cccc(F)c1. The molecule has 1 heterocycles. The summed E-state index contributed by atoms with van der Waals surface area (Å²) in [7, 11) is 2.09. The highest BCUT2D eigenvalue weighted by molar-refractivity contribution is 7.07. The van der Waals surface area contributed by atoms with Crippen LogP contribution in [-0.2, 0) is 6.54 Å². The van der Waals surface area contributed by atoms with Crippen LogP contribution >= 0.6 is 11.3 Å². The summed E-state index contributed by atoms with van der Waals surface area (Å²) < 4.78 is 13.4. The number of hydrogen-bond donors (Lipinski definition) is 1. The molecular formula is C16H22FN3S. The van der Waals surface area contributed by atoms with Crippen LogP contribution in [0.2, 0.25) is 0 Å². The van der Waals surface area contributed by atoms with Crippen LogP contribution in [0.25, 0.3) is 0 Å². The largest absolute Gasteiger partial charge is 0.310 e. The summed E-state index contributed by atoms with van der Waals surface area (Å²) in [5.41, 5.74) is 3.98. The lowest BCUT2D eigenvalue weighted by molar-refractivity contribution is 0.298. The lowest BCUT2D eigenvalue weighted by Gasteiger charge is -2.22. The highest BCUT2D eigenvalue weighted by atomic mass is 32.1. The maximum Gasteiger partial charge on any atom is 0.123 e. The zero-order valence-electron chi connectivity index (χ0n) is 12.6. The first-order valence-electron chi connectivity index (χ1n) is 7.23. The molecule has 0 fully saturated rings. The van der Waals surface area contributed by atoms with Crippen molar-refractivity contribution in [3.8, 4) is 0 Å². The number of thiazole rings is 1. The zero-order chi connectivity index (χ0) is 15.1. The molecule has 1 aromatic heterocycles. The summed E-state index contributed by atoms with van der Waals surface area (Å²) in [5, 5.41) is 5.51. The van der Waals surface area contributed by atoms with Gasteiger partial charge in [0.2, 0.25) is 0 Å². The molecule has 0 aliphatic heterocycles. The first-order valence-corrected chi connectivity index (χ1v) is 8.17. The Kier molecular flexibility index (Phi) is 6.29. The van der Waals surface area contributed by atoms with Crippen LogP contribution in [-0.4, -0.2) is 30.0 Å². The normalized spacial score (nSPS) is 12.8. The van der Waals surface area contributed by atoms with E-state index in [2.05, 4.69) is 34.6 Å². The lowest BCUT2D eigenvalue weighted by atomic mass is 10.0. The summed E-state index contributed by atoms with van der Waals surface area (Å²) in [5.74, 6) is -0.175. The molecule has 0 aliphatic carbocycles. The van der Waals surface area contributed by atoms with E-state index in [1.807, 2.05) is 11.6 Å². The summed E-state index contributed by atoms with van der Waals surface area (Å²) in [6.45, 7) is 4.74. The maximum atomic E-state index is 13.4. The molecule has 3 nitrogen and oxygen atoms in total.